The summed E-state index contributed by atoms with van der Waals surface area (Å²) in [5, 5.41) is 38.9. The van der Waals surface area contributed by atoms with Crippen molar-refractivity contribution >= 4 is 5.97 Å². The maximum atomic E-state index is 11.4. The molecule has 4 N–H and O–H groups in total. The lowest BCUT2D eigenvalue weighted by Crippen LogP contribution is -2.59. The molecule has 1 aliphatic heterocycles. The van der Waals surface area contributed by atoms with Crippen molar-refractivity contribution < 1.29 is 44.2 Å². The summed E-state index contributed by atoms with van der Waals surface area (Å²) in [6, 6.07) is 0. The van der Waals surface area contributed by atoms with E-state index >= 15 is 0 Å². The van der Waals surface area contributed by atoms with Crippen LogP contribution >= 0.6 is 0 Å². The minimum Gasteiger partial charge on any atom is -0.458 e. The zero-order chi connectivity index (χ0) is 24.5. The summed E-state index contributed by atoms with van der Waals surface area (Å²) in [5.74, 6) is -0.495. The van der Waals surface area contributed by atoms with Crippen molar-refractivity contribution in [2.45, 2.75) is 108 Å². The Morgan fingerprint density at radius 1 is 0.939 bits per heavy atom. The van der Waals surface area contributed by atoms with Crippen molar-refractivity contribution in [1.82, 2.24) is 0 Å². The number of hydrogen-bond acceptors (Lipinski definition) is 9. The molecule has 1 rings (SSSR count). The molecule has 1 heterocycles. The van der Waals surface area contributed by atoms with Gasteiger partial charge in [0.2, 0.25) is 0 Å². The molecule has 9 nitrogen and oxygen atoms in total. The standard InChI is InChI=1S/C24H44O9/c1-3-4-5-6-7-8-9-10-11-12-13-14-30-16-19(32-18(2)26)17-31-24-23(29)22(28)21(27)20(15-25)33-24/h5-6,19-25,27-29H,3-4,7-17H2,1-2H3/b6-5-. The van der Waals surface area contributed by atoms with Crippen LogP contribution in [0.25, 0.3) is 0 Å². The number of esters is 1. The molecule has 0 aromatic heterocycles. The van der Waals surface area contributed by atoms with Gasteiger partial charge < -0.3 is 39.4 Å². The van der Waals surface area contributed by atoms with Gasteiger partial charge in [0.1, 0.15) is 30.5 Å². The summed E-state index contributed by atoms with van der Waals surface area (Å²) in [4.78, 5) is 11.4. The lowest BCUT2D eigenvalue weighted by molar-refractivity contribution is -0.305. The topological polar surface area (TPSA) is 135 Å². The molecule has 194 valence electrons. The van der Waals surface area contributed by atoms with Crippen LogP contribution < -0.4 is 0 Å². The zero-order valence-electron chi connectivity index (χ0n) is 20.1. The Morgan fingerprint density at radius 2 is 1.61 bits per heavy atom. The van der Waals surface area contributed by atoms with Crippen molar-refractivity contribution in [1.29, 1.82) is 0 Å². The molecule has 0 radical (unpaired) electrons. The third-order valence-corrected chi connectivity index (χ3v) is 5.46. The molecule has 0 amide bonds. The molecule has 0 aromatic carbocycles. The molecule has 0 saturated carbocycles. The fraction of sp³-hybridized carbons (Fsp3) is 0.875. The maximum Gasteiger partial charge on any atom is 0.303 e. The number of allylic oxidation sites excluding steroid dienone is 2. The summed E-state index contributed by atoms with van der Waals surface area (Å²) in [7, 11) is 0. The lowest BCUT2D eigenvalue weighted by Gasteiger charge is -2.39. The predicted octanol–water partition coefficient (Wildman–Crippen LogP) is 1.84. The third kappa shape index (κ3) is 12.8. The number of unbranched alkanes of at least 4 members (excludes halogenated alkanes) is 7. The molecule has 6 unspecified atom stereocenters. The van der Waals surface area contributed by atoms with E-state index in [9.17, 15) is 25.2 Å². The molecule has 0 bridgehead atoms. The number of rotatable bonds is 18. The van der Waals surface area contributed by atoms with Gasteiger partial charge in [-0.2, -0.15) is 0 Å². The van der Waals surface area contributed by atoms with Crippen LogP contribution in [0.5, 0.6) is 0 Å². The fourth-order valence-corrected chi connectivity index (χ4v) is 3.55. The second kappa shape index (κ2) is 18.3. The average Bonchev–Trinajstić information content (AvgIpc) is 2.79. The Balaban J connectivity index is 2.20. The van der Waals surface area contributed by atoms with Crippen LogP contribution in [0, 0.1) is 0 Å². The SMILES string of the molecule is CCC/C=C\CCCCCCCCOCC(COC1OC(CO)C(O)C(O)C1O)OC(C)=O. The molecule has 9 heteroatoms. The van der Waals surface area contributed by atoms with E-state index < -0.39 is 49.4 Å². The number of aliphatic hydroxyl groups is 4. The molecule has 1 fully saturated rings. The lowest BCUT2D eigenvalue weighted by atomic mass is 9.99. The molecule has 1 saturated heterocycles. The Hall–Kier alpha value is -1.07. The van der Waals surface area contributed by atoms with Crippen LogP contribution in [0.15, 0.2) is 12.2 Å². The van der Waals surface area contributed by atoms with E-state index in [0.29, 0.717) is 6.61 Å². The number of aliphatic hydroxyl groups excluding tert-OH is 4. The van der Waals surface area contributed by atoms with E-state index in [2.05, 4.69) is 19.1 Å². The second-order valence-corrected chi connectivity index (χ2v) is 8.51. The van der Waals surface area contributed by atoms with Gasteiger partial charge in [0, 0.05) is 13.5 Å². The van der Waals surface area contributed by atoms with Gasteiger partial charge in [0.15, 0.2) is 6.29 Å². The van der Waals surface area contributed by atoms with Crippen LogP contribution in [0.3, 0.4) is 0 Å². The minimum absolute atomic E-state index is 0.126. The van der Waals surface area contributed by atoms with Crippen LogP contribution in [-0.2, 0) is 23.7 Å². The van der Waals surface area contributed by atoms with Crippen LogP contribution in [-0.4, -0.2) is 89.6 Å². The molecule has 6 atom stereocenters. The number of hydrogen-bond donors (Lipinski definition) is 4. The van der Waals surface area contributed by atoms with Gasteiger partial charge in [0.25, 0.3) is 0 Å². The highest BCUT2D eigenvalue weighted by molar-refractivity contribution is 5.66. The normalized spacial score (nSPS) is 26.5. The van der Waals surface area contributed by atoms with Crippen molar-refractivity contribution in [3.63, 3.8) is 0 Å². The quantitative estimate of drug-likeness (QED) is 0.133. The molecule has 1 aliphatic rings. The maximum absolute atomic E-state index is 11.4. The van der Waals surface area contributed by atoms with Crippen LogP contribution in [0.1, 0.15) is 71.6 Å². The fourth-order valence-electron chi connectivity index (χ4n) is 3.55. The molecule has 0 aliphatic carbocycles. The number of ether oxygens (including phenoxy) is 4. The average molecular weight is 477 g/mol. The van der Waals surface area contributed by atoms with Gasteiger partial charge in [0.05, 0.1) is 19.8 Å². The molecule has 0 aromatic rings. The smallest absolute Gasteiger partial charge is 0.303 e. The van der Waals surface area contributed by atoms with E-state index in [1.165, 1.54) is 32.6 Å². The van der Waals surface area contributed by atoms with E-state index in [1.807, 2.05) is 0 Å². The second-order valence-electron chi connectivity index (χ2n) is 8.51. The molecular weight excluding hydrogens is 432 g/mol. The van der Waals surface area contributed by atoms with Gasteiger partial charge in [-0.25, -0.2) is 0 Å². The van der Waals surface area contributed by atoms with E-state index in [1.54, 1.807) is 0 Å². The first-order valence-corrected chi connectivity index (χ1v) is 12.2. The van der Waals surface area contributed by atoms with Gasteiger partial charge in [-0.15, -0.1) is 0 Å². The summed E-state index contributed by atoms with van der Waals surface area (Å²) in [6.07, 6.45) is 7.35. The third-order valence-electron chi connectivity index (χ3n) is 5.46. The first kappa shape index (κ1) is 30.0. The van der Waals surface area contributed by atoms with Crippen LogP contribution in [0.4, 0.5) is 0 Å². The van der Waals surface area contributed by atoms with Crippen molar-refractivity contribution in [3.8, 4) is 0 Å². The summed E-state index contributed by atoms with van der Waals surface area (Å²) in [6.45, 7) is 3.45. The molecular formula is C24H44O9. The van der Waals surface area contributed by atoms with Gasteiger partial charge >= 0.3 is 5.97 Å². The molecule has 33 heavy (non-hydrogen) atoms. The van der Waals surface area contributed by atoms with Gasteiger partial charge in [-0.3, -0.25) is 4.79 Å². The first-order valence-electron chi connectivity index (χ1n) is 12.2. The van der Waals surface area contributed by atoms with Gasteiger partial charge in [-0.05, 0) is 25.7 Å². The predicted molar refractivity (Wildman–Crippen MR) is 122 cm³/mol. The molecule has 0 spiro atoms. The summed E-state index contributed by atoms with van der Waals surface area (Å²) >= 11 is 0. The Labute approximate surface area is 197 Å². The van der Waals surface area contributed by atoms with Crippen molar-refractivity contribution in [2.24, 2.45) is 0 Å². The summed E-state index contributed by atoms with van der Waals surface area (Å²) < 4.78 is 21.6. The first-order chi connectivity index (χ1) is 15.9. The largest absolute Gasteiger partial charge is 0.458 e. The highest BCUT2D eigenvalue weighted by Crippen LogP contribution is 2.22. The summed E-state index contributed by atoms with van der Waals surface area (Å²) in [5.41, 5.74) is 0. The highest BCUT2D eigenvalue weighted by Gasteiger charge is 2.44. The highest BCUT2D eigenvalue weighted by atomic mass is 16.7. The van der Waals surface area contributed by atoms with Crippen molar-refractivity contribution in [2.75, 3.05) is 26.4 Å². The van der Waals surface area contributed by atoms with E-state index in [4.69, 9.17) is 18.9 Å². The van der Waals surface area contributed by atoms with Crippen LogP contribution in [0.2, 0.25) is 0 Å². The van der Waals surface area contributed by atoms with Crippen molar-refractivity contribution in [3.05, 3.63) is 12.2 Å². The zero-order valence-corrected chi connectivity index (χ0v) is 20.1. The number of carbonyl (C=O) groups excluding carboxylic acids is 1. The van der Waals surface area contributed by atoms with E-state index in [-0.39, 0.29) is 13.2 Å². The minimum atomic E-state index is -1.53. The monoisotopic (exact) mass is 476 g/mol. The number of carbonyl (C=O) groups is 1. The van der Waals surface area contributed by atoms with E-state index in [0.717, 1.165) is 32.1 Å². The van der Waals surface area contributed by atoms with Gasteiger partial charge in [-0.1, -0.05) is 51.2 Å². The Bertz CT molecular complexity index is 526. The Kier molecular flexibility index (Phi) is 16.6. The Morgan fingerprint density at radius 3 is 2.27 bits per heavy atom.